The van der Waals surface area contributed by atoms with Gasteiger partial charge in [-0.05, 0) is 12.8 Å². The highest BCUT2D eigenvalue weighted by molar-refractivity contribution is 7.86. The smallest absolute Gasteiger partial charge is 0.267 e. The Morgan fingerprint density at radius 2 is 1.92 bits per heavy atom. The molecule has 79 valence electrons. The Hall–Kier alpha value is -0.0900. The monoisotopic (exact) mass is 207 g/mol. The fourth-order valence-electron chi connectivity index (χ4n) is 1.24. The third kappa shape index (κ3) is 6.05. The van der Waals surface area contributed by atoms with E-state index in [2.05, 4.69) is 13.8 Å². The highest BCUT2D eigenvalue weighted by Crippen LogP contribution is 2.13. The van der Waals surface area contributed by atoms with Crippen LogP contribution in [-0.2, 0) is 10.1 Å². The predicted molar refractivity (Wildman–Crippen MR) is 54.1 cm³/mol. The van der Waals surface area contributed by atoms with Crippen molar-refractivity contribution in [1.82, 2.24) is 0 Å². The lowest BCUT2D eigenvalue weighted by Crippen LogP contribution is -2.19. The van der Waals surface area contributed by atoms with Gasteiger partial charge in [-0.25, -0.2) is 0 Å². The van der Waals surface area contributed by atoms with Crippen LogP contribution in [-0.4, -0.2) is 18.2 Å². The Kier molecular flexibility index (Phi) is 6.33. The van der Waals surface area contributed by atoms with Crippen molar-refractivity contribution >= 4 is 10.1 Å². The maximum Gasteiger partial charge on any atom is 0.267 e. The molecule has 0 aromatic rings. The zero-order chi connectivity index (χ0) is 10.3. The van der Waals surface area contributed by atoms with Crippen molar-refractivity contribution in [3.63, 3.8) is 0 Å². The second-order valence-electron chi connectivity index (χ2n) is 3.27. The maximum atomic E-state index is 10.7. The minimum Gasteiger partial charge on any atom is -0.285 e. The first-order chi connectivity index (χ1) is 6.02. The maximum absolute atomic E-state index is 10.7. The van der Waals surface area contributed by atoms with Gasteiger partial charge >= 0.3 is 0 Å². The van der Waals surface area contributed by atoms with E-state index in [1.807, 2.05) is 0 Å². The molecule has 0 rings (SSSR count). The van der Waals surface area contributed by atoms with E-state index in [4.69, 9.17) is 4.55 Å². The Morgan fingerprint density at radius 1 is 1.31 bits per heavy atom. The first kappa shape index (κ1) is 12.9. The van der Waals surface area contributed by atoms with Crippen LogP contribution < -0.4 is 0 Å². The normalized spacial score (nSPS) is 14.4. The minimum atomic E-state index is -3.86. The molecule has 0 aromatic heterocycles. The zero-order valence-electron chi connectivity index (χ0n) is 8.20. The molecule has 1 N–H and O–H groups in total. The molecule has 4 heteroatoms. The molecule has 0 fully saturated rings. The van der Waals surface area contributed by atoms with Crippen LogP contribution in [0.15, 0.2) is 0 Å². The summed E-state index contributed by atoms with van der Waals surface area (Å²) < 4.78 is 30.2. The molecule has 0 aliphatic carbocycles. The lowest BCUT2D eigenvalue weighted by molar-refractivity contribution is 0.456. The second kappa shape index (κ2) is 6.38. The molecule has 3 nitrogen and oxygen atoms in total. The van der Waals surface area contributed by atoms with Gasteiger partial charge in [0.15, 0.2) is 0 Å². The van der Waals surface area contributed by atoms with Crippen LogP contribution >= 0.6 is 0 Å². The summed E-state index contributed by atoms with van der Waals surface area (Å²) in [5.74, 6) is 0. The van der Waals surface area contributed by atoms with Crippen LogP contribution in [0.1, 0.15) is 45.4 Å². The topological polar surface area (TPSA) is 54.4 Å². The van der Waals surface area contributed by atoms with Gasteiger partial charge in [0.2, 0.25) is 0 Å². The van der Waals surface area contributed by atoms with Crippen LogP contribution in [0.3, 0.4) is 0 Å². The summed E-state index contributed by atoms with van der Waals surface area (Å²) in [5.41, 5.74) is 0. The Morgan fingerprint density at radius 3 is 2.31 bits per heavy atom. The van der Waals surface area contributed by atoms with E-state index >= 15 is 0 Å². The van der Waals surface area contributed by atoms with Gasteiger partial charge in [0.1, 0.15) is 0 Å². The molecule has 1 atom stereocenters. The lowest BCUT2D eigenvalue weighted by Gasteiger charge is -2.10. The molecular formula is C9H19O3S. The van der Waals surface area contributed by atoms with Crippen molar-refractivity contribution in [3.05, 3.63) is 6.92 Å². The van der Waals surface area contributed by atoms with E-state index in [1.54, 1.807) is 0 Å². The fourth-order valence-corrected chi connectivity index (χ4v) is 2.00. The van der Waals surface area contributed by atoms with Gasteiger partial charge in [0.25, 0.3) is 10.1 Å². The van der Waals surface area contributed by atoms with Gasteiger partial charge in [-0.15, -0.1) is 0 Å². The van der Waals surface area contributed by atoms with Crippen LogP contribution in [0.4, 0.5) is 0 Å². The Bertz CT molecular complexity index is 209. The van der Waals surface area contributed by atoms with Crippen LogP contribution in [0, 0.1) is 6.92 Å². The van der Waals surface area contributed by atoms with Crippen LogP contribution in [0.25, 0.3) is 0 Å². The van der Waals surface area contributed by atoms with E-state index in [1.165, 1.54) is 0 Å². The summed E-state index contributed by atoms with van der Waals surface area (Å²) in [6, 6.07) is 0. The largest absolute Gasteiger partial charge is 0.285 e. The predicted octanol–water partition coefficient (Wildman–Crippen LogP) is 2.44. The molecule has 0 aromatic carbocycles. The van der Waals surface area contributed by atoms with Gasteiger partial charge in [0.05, 0.1) is 5.25 Å². The summed E-state index contributed by atoms with van der Waals surface area (Å²) in [5, 5.41) is -0.663. The van der Waals surface area contributed by atoms with E-state index in [0.717, 1.165) is 25.7 Å². The summed E-state index contributed by atoms with van der Waals surface area (Å²) in [4.78, 5) is 0. The molecule has 0 saturated heterocycles. The van der Waals surface area contributed by atoms with Gasteiger partial charge in [-0.2, -0.15) is 8.42 Å². The van der Waals surface area contributed by atoms with E-state index in [-0.39, 0.29) is 6.42 Å². The molecule has 0 bridgehead atoms. The molecule has 1 unspecified atom stereocenters. The number of hydrogen-bond donors (Lipinski definition) is 1. The average Bonchev–Trinajstić information content (AvgIpc) is 2.02. The number of rotatable bonds is 7. The standard InChI is InChI=1S/C9H19O3S/c1-3-5-6-7-8-9(4-2)13(10,11)12/h9H,2-8H2,1H3,(H,10,11,12). The van der Waals surface area contributed by atoms with Gasteiger partial charge in [-0.3, -0.25) is 4.55 Å². The fraction of sp³-hybridized carbons (Fsp3) is 0.889. The zero-order valence-corrected chi connectivity index (χ0v) is 9.02. The third-order valence-electron chi connectivity index (χ3n) is 2.12. The molecule has 0 amide bonds. The van der Waals surface area contributed by atoms with E-state index in [0.29, 0.717) is 6.42 Å². The van der Waals surface area contributed by atoms with Crippen molar-refractivity contribution in [2.24, 2.45) is 0 Å². The SMILES string of the molecule is [CH2]CC(CCCCCC)S(=O)(=O)O. The van der Waals surface area contributed by atoms with Crippen molar-refractivity contribution in [1.29, 1.82) is 0 Å². The number of hydrogen-bond acceptors (Lipinski definition) is 2. The highest BCUT2D eigenvalue weighted by Gasteiger charge is 2.19. The molecule has 0 aliphatic rings. The minimum absolute atomic E-state index is 0.255. The van der Waals surface area contributed by atoms with Crippen molar-refractivity contribution in [2.45, 2.75) is 50.7 Å². The van der Waals surface area contributed by atoms with E-state index < -0.39 is 15.4 Å². The molecule has 0 spiro atoms. The summed E-state index contributed by atoms with van der Waals surface area (Å²) >= 11 is 0. The average molecular weight is 207 g/mol. The Labute approximate surface area is 81.3 Å². The van der Waals surface area contributed by atoms with Crippen molar-refractivity contribution < 1.29 is 13.0 Å². The lowest BCUT2D eigenvalue weighted by atomic mass is 10.1. The summed E-state index contributed by atoms with van der Waals surface area (Å²) in [6.45, 7) is 5.61. The third-order valence-corrected chi connectivity index (χ3v) is 3.44. The molecule has 0 saturated carbocycles. The first-order valence-electron chi connectivity index (χ1n) is 4.78. The van der Waals surface area contributed by atoms with Gasteiger partial charge in [0, 0.05) is 0 Å². The second-order valence-corrected chi connectivity index (χ2v) is 4.97. The molecule has 0 aliphatic heterocycles. The first-order valence-corrected chi connectivity index (χ1v) is 6.28. The van der Waals surface area contributed by atoms with Crippen LogP contribution in [0.2, 0.25) is 0 Å². The summed E-state index contributed by atoms with van der Waals surface area (Å²) in [7, 11) is -3.86. The van der Waals surface area contributed by atoms with Crippen molar-refractivity contribution in [2.75, 3.05) is 0 Å². The molecule has 0 heterocycles. The van der Waals surface area contributed by atoms with Gasteiger partial charge in [-0.1, -0.05) is 39.5 Å². The quantitative estimate of drug-likeness (QED) is 0.515. The van der Waals surface area contributed by atoms with E-state index in [9.17, 15) is 8.42 Å². The van der Waals surface area contributed by atoms with Crippen molar-refractivity contribution in [3.8, 4) is 0 Å². The molecule has 1 radical (unpaired) electrons. The van der Waals surface area contributed by atoms with Gasteiger partial charge < -0.3 is 0 Å². The molecular weight excluding hydrogens is 188 g/mol. The highest BCUT2D eigenvalue weighted by atomic mass is 32.2. The summed E-state index contributed by atoms with van der Waals surface area (Å²) in [6.07, 6.45) is 4.92. The molecule has 13 heavy (non-hydrogen) atoms. The number of unbranched alkanes of at least 4 members (excludes halogenated alkanes) is 3. The Balaban J connectivity index is 3.74. The van der Waals surface area contributed by atoms with Crippen LogP contribution in [0.5, 0.6) is 0 Å².